The van der Waals surface area contributed by atoms with E-state index in [0.29, 0.717) is 0 Å². The lowest BCUT2D eigenvalue weighted by Gasteiger charge is -2.05. The number of aryl methyl sites for hydroxylation is 1. The average Bonchev–Trinajstić information content (AvgIpc) is 2.60. The minimum absolute atomic E-state index is 0.178. The fourth-order valence-corrected chi connectivity index (χ4v) is 2.78. The summed E-state index contributed by atoms with van der Waals surface area (Å²) in [5.74, 6) is 0. The lowest BCUT2D eigenvalue weighted by atomic mass is 10.2. The maximum atomic E-state index is 10.4. The van der Waals surface area contributed by atoms with Gasteiger partial charge in [-0.25, -0.2) is 8.42 Å². The van der Waals surface area contributed by atoms with Crippen molar-refractivity contribution in [1.29, 1.82) is 0 Å². The van der Waals surface area contributed by atoms with E-state index in [1.165, 1.54) is 23.0 Å². The van der Waals surface area contributed by atoms with Gasteiger partial charge in [0.15, 0.2) is 12.7 Å². The van der Waals surface area contributed by atoms with Gasteiger partial charge in [-0.2, -0.15) is 4.57 Å². The van der Waals surface area contributed by atoms with Crippen molar-refractivity contribution < 1.29 is 22.3 Å². The van der Waals surface area contributed by atoms with Crippen molar-refractivity contribution in [3.63, 3.8) is 0 Å². The molecule has 0 radical (unpaired) electrons. The largest absolute Gasteiger partial charge is 0.744 e. The van der Waals surface area contributed by atoms with Gasteiger partial charge in [0.2, 0.25) is 5.52 Å². The summed E-state index contributed by atoms with van der Waals surface area (Å²) in [5, 5.41) is 1.27. The number of methoxy groups -OCH3 is 1. The maximum absolute atomic E-state index is 10.4. The molecule has 3 rings (SSSR count). The van der Waals surface area contributed by atoms with Crippen LogP contribution in [0.3, 0.4) is 0 Å². The Bertz CT molecular complexity index is 916. The van der Waals surface area contributed by atoms with Crippen LogP contribution in [0.5, 0.6) is 0 Å². The second-order valence-corrected chi connectivity index (χ2v) is 6.90. The van der Waals surface area contributed by atoms with Gasteiger partial charge in [-0.15, -0.1) is 0 Å². The van der Waals surface area contributed by atoms with Crippen LogP contribution >= 0.6 is 0 Å². The minimum Gasteiger partial charge on any atom is -0.744 e. The van der Waals surface area contributed by atoms with Crippen molar-refractivity contribution in [3.8, 4) is 0 Å². The number of hydrogen-bond donors (Lipinski definition) is 0. The van der Waals surface area contributed by atoms with Crippen LogP contribution in [0.2, 0.25) is 0 Å². The van der Waals surface area contributed by atoms with Gasteiger partial charge < -0.3 is 9.29 Å². The fourth-order valence-electron chi connectivity index (χ4n) is 2.31. The van der Waals surface area contributed by atoms with Gasteiger partial charge in [0.05, 0.1) is 4.90 Å². The van der Waals surface area contributed by atoms with E-state index < -0.39 is 10.1 Å². The fraction of sp³-hybridized carbons (Fsp3) is 0.211. The number of rotatable bonds is 4. The standard InChI is InChI=1S/C12H14NO.C7H8O3S/c1-14-10-9-13-8-4-6-11-5-2-3-7-12(11)13;1-6-2-4-7(5-3-6)11(8,9)10/h2-8H,9-10H2,1H3;2-5H,1H3,(H,8,9,10)/q+1;/p-1. The molecule has 0 bridgehead atoms. The first kappa shape index (κ1) is 19.1. The van der Waals surface area contributed by atoms with Crippen LogP contribution < -0.4 is 4.57 Å². The van der Waals surface area contributed by atoms with E-state index in [9.17, 15) is 13.0 Å². The van der Waals surface area contributed by atoms with E-state index in [1.807, 2.05) is 6.92 Å². The van der Waals surface area contributed by atoms with Gasteiger partial charge >= 0.3 is 0 Å². The Morgan fingerprint density at radius 3 is 2.28 bits per heavy atom. The van der Waals surface area contributed by atoms with Gasteiger partial charge in [-0.1, -0.05) is 29.8 Å². The quantitative estimate of drug-likeness (QED) is 0.530. The second kappa shape index (κ2) is 8.71. The molecule has 0 saturated heterocycles. The van der Waals surface area contributed by atoms with Gasteiger partial charge in [0.25, 0.3) is 0 Å². The molecule has 3 aromatic rings. The smallest absolute Gasteiger partial charge is 0.212 e. The number of benzene rings is 2. The highest BCUT2D eigenvalue weighted by atomic mass is 32.2. The molecule has 5 nitrogen and oxygen atoms in total. The zero-order chi connectivity index (χ0) is 18.3. The topological polar surface area (TPSA) is 70.3 Å². The van der Waals surface area contributed by atoms with Crippen LogP contribution in [0.1, 0.15) is 5.56 Å². The molecule has 0 fully saturated rings. The summed E-state index contributed by atoms with van der Waals surface area (Å²) in [7, 11) is -2.54. The molecule has 6 heteroatoms. The molecular formula is C19H21NO4S. The molecule has 0 unspecified atom stereocenters. The van der Waals surface area contributed by atoms with Crippen molar-refractivity contribution in [2.45, 2.75) is 18.4 Å². The van der Waals surface area contributed by atoms with E-state index in [2.05, 4.69) is 47.2 Å². The highest BCUT2D eigenvalue weighted by molar-refractivity contribution is 7.85. The molecule has 2 aromatic carbocycles. The van der Waals surface area contributed by atoms with Crippen molar-refractivity contribution >= 4 is 21.0 Å². The predicted molar refractivity (Wildman–Crippen MR) is 95.2 cm³/mol. The first-order valence-corrected chi connectivity index (χ1v) is 9.21. The van der Waals surface area contributed by atoms with E-state index in [-0.39, 0.29) is 4.90 Å². The number of aromatic nitrogens is 1. The van der Waals surface area contributed by atoms with Crippen LogP contribution in [0.15, 0.2) is 71.8 Å². The number of para-hydroxylation sites is 1. The number of ether oxygens (including phenoxy) is 1. The van der Waals surface area contributed by atoms with Crippen LogP contribution in [0.25, 0.3) is 10.9 Å². The van der Waals surface area contributed by atoms with Crippen LogP contribution in [0.4, 0.5) is 0 Å². The number of hydrogen-bond acceptors (Lipinski definition) is 4. The second-order valence-electron chi connectivity index (χ2n) is 5.52. The summed E-state index contributed by atoms with van der Waals surface area (Å²) in [6.07, 6.45) is 2.08. The van der Waals surface area contributed by atoms with Crippen molar-refractivity contribution in [3.05, 3.63) is 72.4 Å². The molecule has 132 valence electrons. The summed E-state index contributed by atoms with van der Waals surface area (Å²) in [6, 6.07) is 18.3. The normalized spacial score (nSPS) is 11.0. The Hall–Kier alpha value is -2.28. The van der Waals surface area contributed by atoms with E-state index in [4.69, 9.17) is 4.74 Å². The minimum atomic E-state index is -4.27. The summed E-state index contributed by atoms with van der Waals surface area (Å²) >= 11 is 0. The molecule has 0 aliphatic heterocycles. The lowest BCUT2D eigenvalue weighted by molar-refractivity contribution is -0.672. The average molecular weight is 359 g/mol. The third kappa shape index (κ3) is 5.63. The molecule has 0 amide bonds. The molecule has 0 atom stereocenters. The van der Waals surface area contributed by atoms with Crippen molar-refractivity contribution in [2.75, 3.05) is 13.7 Å². The maximum Gasteiger partial charge on any atom is 0.212 e. The van der Waals surface area contributed by atoms with Crippen LogP contribution in [0, 0.1) is 6.92 Å². The molecule has 0 aliphatic carbocycles. The Kier molecular flexibility index (Phi) is 6.64. The van der Waals surface area contributed by atoms with E-state index in [1.54, 1.807) is 19.2 Å². The first-order chi connectivity index (χ1) is 11.9. The molecule has 0 N–H and O–H groups in total. The molecule has 0 saturated carbocycles. The Morgan fingerprint density at radius 2 is 1.64 bits per heavy atom. The van der Waals surface area contributed by atoms with E-state index >= 15 is 0 Å². The SMILES string of the molecule is COCC[n+]1cccc2ccccc21.Cc1ccc(S(=O)(=O)[O-])cc1. The molecule has 1 heterocycles. The summed E-state index contributed by atoms with van der Waals surface area (Å²) in [6.45, 7) is 3.47. The van der Waals surface area contributed by atoms with Gasteiger partial charge in [-0.3, -0.25) is 0 Å². The summed E-state index contributed by atoms with van der Waals surface area (Å²) in [5.41, 5.74) is 2.18. The Morgan fingerprint density at radius 1 is 1.00 bits per heavy atom. The highest BCUT2D eigenvalue weighted by Gasteiger charge is 2.05. The first-order valence-electron chi connectivity index (χ1n) is 7.80. The zero-order valence-electron chi connectivity index (χ0n) is 14.3. The van der Waals surface area contributed by atoms with Crippen molar-refractivity contribution in [2.24, 2.45) is 0 Å². The third-order valence-corrected chi connectivity index (χ3v) is 4.48. The predicted octanol–water partition coefficient (Wildman–Crippen LogP) is 2.67. The Labute approximate surface area is 148 Å². The number of fused-ring (bicyclic) bond motifs is 1. The number of pyridine rings is 1. The van der Waals surface area contributed by atoms with Gasteiger partial charge in [-0.05, 0) is 31.2 Å². The molecule has 25 heavy (non-hydrogen) atoms. The molecule has 1 aromatic heterocycles. The van der Waals surface area contributed by atoms with E-state index in [0.717, 1.165) is 18.7 Å². The molecule has 0 spiro atoms. The lowest BCUT2D eigenvalue weighted by Crippen LogP contribution is -2.36. The molecule has 0 aliphatic rings. The Balaban J connectivity index is 0.000000186. The van der Waals surface area contributed by atoms with Gasteiger partial charge in [0.1, 0.15) is 16.7 Å². The summed E-state index contributed by atoms with van der Waals surface area (Å²) in [4.78, 5) is -0.178. The van der Waals surface area contributed by atoms with Crippen molar-refractivity contribution in [1.82, 2.24) is 0 Å². The highest BCUT2D eigenvalue weighted by Crippen LogP contribution is 2.08. The van der Waals surface area contributed by atoms with Crippen LogP contribution in [-0.4, -0.2) is 26.7 Å². The third-order valence-electron chi connectivity index (χ3n) is 3.63. The zero-order valence-corrected chi connectivity index (χ0v) is 15.1. The summed E-state index contributed by atoms with van der Waals surface area (Å²) < 4.78 is 38.4. The monoisotopic (exact) mass is 359 g/mol. The van der Waals surface area contributed by atoms with Crippen LogP contribution in [-0.2, 0) is 21.4 Å². The molecular weight excluding hydrogens is 338 g/mol. The number of nitrogens with zero attached hydrogens (tertiary/aromatic N) is 1. The van der Waals surface area contributed by atoms with Gasteiger partial charge in [0, 0.05) is 24.6 Å².